The van der Waals surface area contributed by atoms with Gasteiger partial charge in [0.05, 0.1) is 12.0 Å². The lowest BCUT2D eigenvalue weighted by molar-refractivity contribution is -0.136. The lowest BCUT2D eigenvalue weighted by Gasteiger charge is -2.12. The van der Waals surface area contributed by atoms with E-state index in [0.717, 1.165) is 5.56 Å². The molecule has 3 aromatic rings. The Kier molecular flexibility index (Phi) is 5.79. The van der Waals surface area contributed by atoms with Crippen molar-refractivity contribution in [3.63, 3.8) is 0 Å². The Bertz CT molecular complexity index is 942. The highest BCUT2D eigenvalue weighted by Crippen LogP contribution is 2.21. The number of para-hydroxylation sites is 1. The molecule has 0 aliphatic carbocycles. The zero-order valence-electron chi connectivity index (χ0n) is 14.5. The molecule has 3 rings (SSSR count). The van der Waals surface area contributed by atoms with Gasteiger partial charge in [0.2, 0.25) is 0 Å². The second kappa shape index (κ2) is 8.62. The predicted octanol–water partition coefficient (Wildman–Crippen LogP) is 3.54. The Labute approximate surface area is 156 Å². The van der Waals surface area contributed by atoms with E-state index in [2.05, 4.69) is 10.3 Å². The van der Waals surface area contributed by atoms with Crippen molar-refractivity contribution >= 4 is 17.6 Å². The van der Waals surface area contributed by atoms with Crippen molar-refractivity contribution in [2.45, 2.75) is 13.0 Å². The van der Waals surface area contributed by atoms with Crippen LogP contribution in [0.3, 0.4) is 0 Å². The average Bonchev–Trinajstić information content (AvgIpc) is 2.67. The first-order valence-electron chi connectivity index (χ1n) is 8.34. The number of rotatable bonds is 7. The van der Waals surface area contributed by atoms with Crippen LogP contribution in [0.15, 0.2) is 73.1 Å². The largest absolute Gasteiger partial charge is 0.488 e. The molecule has 0 unspecified atom stereocenters. The van der Waals surface area contributed by atoms with Crippen molar-refractivity contribution < 1.29 is 19.4 Å². The molecule has 0 spiro atoms. The Morgan fingerprint density at radius 1 is 0.963 bits per heavy atom. The number of carbonyl (C=O) groups is 2. The highest BCUT2D eigenvalue weighted by Gasteiger charge is 2.13. The smallest absolute Gasteiger partial charge is 0.307 e. The van der Waals surface area contributed by atoms with Crippen molar-refractivity contribution in [3.8, 4) is 5.75 Å². The highest BCUT2D eigenvalue weighted by molar-refractivity contribution is 6.06. The summed E-state index contributed by atoms with van der Waals surface area (Å²) in [6, 6.07) is 17.4. The summed E-state index contributed by atoms with van der Waals surface area (Å²) in [6.07, 6.45) is 3.26. The summed E-state index contributed by atoms with van der Waals surface area (Å²) < 4.78 is 5.79. The van der Waals surface area contributed by atoms with Crippen LogP contribution in [0.1, 0.15) is 21.5 Å². The van der Waals surface area contributed by atoms with E-state index in [0.29, 0.717) is 29.2 Å². The molecule has 2 aromatic carbocycles. The van der Waals surface area contributed by atoms with E-state index in [1.807, 2.05) is 12.1 Å². The number of pyridine rings is 1. The second-order valence-electron chi connectivity index (χ2n) is 5.87. The lowest BCUT2D eigenvalue weighted by atomic mass is 10.1. The first-order valence-corrected chi connectivity index (χ1v) is 8.34. The number of aliphatic carboxylic acids is 1. The molecular formula is C21H18N2O4. The summed E-state index contributed by atoms with van der Waals surface area (Å²) >= 11 is 0. The number of hydrogen-bond acceptors (Lipinski definition) is 4. The molecule has 0 fully saturated rings. The molecule has 2 N–H and O–H groups in total. The molecule has 1 amide bonds. The maximum absolute atomic E-state index is 12.7. The van der Waals surface area contributed by atoms with Gasteiger partial charge in [0.1, 0.15) is 12.4 Å². The minimum absolute atomic E-state index is 0.102. The minimum atomic E-state index is -0.923. The predicted molar refractivity (Wildman–Crippen MR) is 101 cm³/mol. The quantitative estimate of drug-likeness (QED) is 0.671. The summed E-state index contributed by atoms with van der Waals surface area (Å²) in [5.74, 6) is -0.783. The molecule has 6 heteroatoms. The topological polar surface area (TPSA) is 88.5 Å². The Balaban J connectivity index is 1.72. The van der Waals surface area contributed by atoms with Crippen LogP contribution in [0, 0.1) is 0 Å². The van der Waals surface area contributed by atoms with Gasteiger partial charge in [0.25, 0.3) is 5.91 Å². The summed E-state index contributed by atoms with van der Waals surface area (Å²) in [6.45, 7) is 0.320. The molecule has 0 radical (unpaired) electrons. The Hall–Kier alpha value is -3.67. The van der Waals surface area contributed by atoms with Crippen LogP contribution < -0.4 is 10.1 Å². The first-order chi connectivity index (χ1) is 13.1. The normalized spacial score (nSPS) is 10.2. The molecule has 27 heavy (non-hydrogen) atoms. The highest BCUT2D eigenvalue weighted by atomic mass is 16.5. The Morgan fingerprint density at radius 2 is 1.74 bits per heavy atom. The summed E-state index contributed by atoms with van der Waals surface area (Å²) in [5.41, 5.74) is 2.49. The molecule has 1 heterocycles. The molecule has 0 saturated carbocycles. The van der Waals surface area contributed by atoms with Crippen molar-refractivity contribution in [3.05, 3.63) is 89.7 Å². The van der Waals surface area contributed by atoms with Crippen LogP contribution in [0.5, 0.6) is 5.75 Å². The monoisotopic (exact) mass is 362 g/mol. The third-order valence-corrected chi connectivity index (χ3v) is 3.82. The van der Waals surface area contributed by atoms with Crippen molar-refractivity contribution in [2.24, 2.45) is 0 Å². The molecule has 0 aliphatic heterocycles. The summed E-state index contributed by atoms with van der Waals surface area (Å²) in [4.78, 5) is 27.5. The molecule has 0 bridgehead atoms. The number of anilines is 1. The third-order valence-electron chi connectivity index (χ3n) is 3.82. The standard InChI is InChI=1S/C21H18N2O4/c24-20(25)13-16-4-3-5-17(12-16)23-21(26)18-6-1-2-7-19(18)27-14-15-8-10-22-11-9-15/h1-12H,13-14H2,(H,23,26)(H,24,25). The number of nitrogens with zero attached hydrogens (tertiary/aromatic N) is 1. The van der Waals surface area contributed by atoms with Crippen LogP contribution in [0.2, 0.25) is 0 Å². The molecule has 1 aromatic heterocycles. The van der Waals surface area contributed by atoms with Crippen molar-refractivity contribution in [1.82, 2.24) is 4.98 Å². The van der Waals surface area contributed by atoms with Gasteiger partial charge in [0, 0.05) is 18.1 Å². The Morgan fingerprint density at radius 3 is 2.52 bits per heavy atom. The van der Waals surface area contributed by atoms with E-state index >= 15 is 0 Å². The molecule has 0 saturated heterocycles. The van der Waals surface area contributed by atoms with E-state index in [4.69, 9.17) is 9.84 Å². The minimum Gasteiger partial charge on any atom is -0.488 e. The molecule has 0 atom stereocenters. The number of nitrogens with one attached hydrogen (secondary N) is 1. The molecular weight excluding hydrogens is 344 g/mol. The van der Waals surface area contributed by atoms with Gasteiger partial charge in [0.15, 0.2) is 0 Å². The zero-order valence-corrected chi connectivity index (χ0v) is 14.5. The molecule has 0 aliphatic rings. The lowest BCUT2D eigenvalue weighted by Crippen LogP contribution is -2.14. The van der Waals surface area contributed by atoms with Gasteiger partial charge >= 0.3 is 5.97 Å². The van der Waals surface area contributed by atoms with Gasteiger partial charge in [-0.2, -0.15) is 0 Å². The number of carboxylic acid groups (broad SMARTS) is 1. The fraction of sp³-hybridized carbons (Fsp3) is 0.0952. The maximum atomic E-state index is 12.7. The SMILES string of the molecule is O=C(O)Cc1cccc(NC(=O)c2ccccc2OCc2ccncc2)c1. The number of amides is 1. The van der Waals surface area contributed by atoms with Crippen LogP contribution in [0.25, 0.3) is 0 Å². The molecule has 6 nitrogen and oxygen atoms in total. The number of aromatic nitrogens is 1. The van der Waals surface area contributed by atoms with E-state index in [1.54, 1.807) is 60.9 Å². The van der Waals surface area contributed by atoms with Gasteiger partial charge in [-0.25, -0.2) is 0 Å². The van der Waals surface area contributed by atoms with Gasteiger partial charge in [-0.05, 0) is 47.5 Å². The van der Waals surface area contributed by atoms with Gasteiger partial charge in [-0.3, -0.25) is 14.6 Å². The zero-order chi connectivity index (χ0) is 19.1. The number of hydrogen-bond donors (Lipinski definition) is 2. The molecule has 136 valence electrons. The van der Waals surface area contributed by atoms with Crippen molar-refractivity contribution in [2.75, 3.05) is 5.32 Å². The van der Waals surface area contributed by atoms with E-state index in [9.17, 15) is 9.59 Å². The second-order valence-corrected chi connectivity index (χ2v) is 5.87. The van der Waals surface area contributed by atoms with E-state index < -0.39 is 5.97 Å². The van der Waals surface area contributed by atoms with E-state index in [-0.39, 0.29) is 12.3 Å². The third kappa shape index (κ3) is 5.15. The first kappa shape index (κ1) is 18.1. The van der Waals surface area contributed by atoms with Crippen LogP contribution in [-0.2, 0) is 17.8 Å². The summed E-state index contributed by atoms with van der Waals surface area (Å²) in [5, 5.41) is 11.7. The van der Waals surface area contributed by atoms with Gasteiger partial charge in [-0.1, -0.05) is 24.3 Å². The number of ether oxygens (including phenoxy) is 1. The maximum Gasteiger partial charge on any atom is 0.307 e. The number of benzene rings is 2. The average molecular weight is 362 g/mol. The van der Waals surface area contributed by atoms with Crippen LogP contribution in [-0.4, -0.2) is 22.0 Å². The van der Waals surface area contributed by atoms with Crippen LogP contribution >= 0.6 is 0 Å². The fourth-order valence-electron chi connectivity index (χ4n) is 2.55. The van der Waals surface area contributed by atoms with Gasteiger partial charge < -0.3 is 15.2 Å². The fourth-order valence-corrected chi connectivity index (χ4v) is 2.55. The summed E-state index contributed by atoms with van der Waals surface area (Å²) in [7, 11) is 0. The van der Waals surface area contributed by atoms with Crippen LogP contribution in [0.4, 0.5) is 5.69 Å². The number of carbonyl (C=O) groups excluding carboxylic acids is 1. The number of carboxylic acids is 1. The van der Waals surface area contributed by atoms with Gasteiger partial charge in [-0.15, -0.1) is 0 Å². The van der Waals surface area contributed by atoms with Crippen molar-refractivity contribution in [1.29, 1.82) is 0 Å². The van der Waals surface area contributed by atoms with E-state index in [1.165, 1.54) is 0 Å².